The van der Waals surface area contributed by atoms with Gasteiger partial charge in [-0.25, -0.2) is 4.98 Å². The average molecular weight is 262 g/mol. The number of nitrogens with one attached hydrogen (secondary N) is 1. The maximum atomic E-state index is 4.71. The second-order valence-electron chi connectivity index (χ2n) is 5.52. The van der Waals surface area contributed by atoms with E-state index in [9.17, 15) is 0 Å². The fourth-order valence-electron chi connectivity index (χ4n) is 2.24. The molecule has 1 saturated carbocycles. The molecule has 0 unspecified atom stereocenters. The van der Waals surface area contributed by atoms with Gasteiger partial charge in [-0.05, 0) is 38.5 Å². The van der Waals surface area contributed by atoms with E-state index in [0.29, 0.717) is 0 Å². The van der Waals surface area contributed by atoms with Crippen LogP contribution in [0.3, 0.4) is 0 Å². The van der Waals surface area contributed by atoms with Gasteiger partial charge in [0.2, 0.25) is 5.95 Å². The van der Waals surface area contributed by atoms with Crippen LogP contribution >= 0.6 is 0 Å². The van der Waals surface area contributed by atoms with Crippen LogP contribution in [0.1, 0.15) is 45.1 Å². The minimum atomic E-state index is 0.763. The summed E-state index contributed by atoms with van der Waals surface area (Å²) in [5, 5.41) is 3.28. The molecule has 1 aliphatic rings. The third kappa shape index (κ3) is 4.08. The van der Waals surface area contributed by atoms with E-state index in [2.05, 4.69) is 36.0 Å². The van der Waals surface area contributed by atoms with Gasteiger partial charge in [-0.2, -0.15) is 4.98 Å². The Hall–Kier alpha value is -1.32. The Morgan fingerprint density at radius 2 is 2.11 bits per heavy atom. The highest BCUT2D eigenvalue weighted by Crippen LogP contribution is 2.32. The van der Waals surface area contributed by atoms with Crippen LogP contribution in [0.25, 0.3) is 0 Å². The molecule has 1 aromatic rings. The Kier molecular flexibility index (Phi) is 5.00. The highest BCUT2D eigenvalue weighted by molar-refractivity contribution is 5.49. The number of anilines is 2. The summed E-state index contributed by atoms with van der Waals surface area (Å²) in [5.41, 5.74) is 1.18. The predicted octanol–water partition coefficient (Wildman–Crippen LogP) is 3.23. The van der Waals surface area contributed by atoms with Crippen molar-refractivity contribution < 1.29 is 0 Å². The fourth-order valence-corrected chi connectivity index (χ4v) is 2.24. The van der Waals surface area contributed by atoms with E-state index in [0.717, 1.165) is 50.2 Å². The number of nitrogens with zero attached hydrogens (tertiary/aromatic N) is 3. The van der Waals surface area contributed by atoms with Crippen molar-refractivity contribution in [2.24, 2.45) is 5.92 Å². The molecule has 0 atom stereocenters. The highest BCUT2D eigenvalue weighted by Gasteiger charge is 2.25. The summed E-state index contributed by atoms with van der Waals surface area (Å²) in [6.45, 7) is 9.65. The number of hydrogen-bond acceptors (Lipinski definition) is 4. The standard InChI is InChI=1S/C15H26N4/c1-4-8-16-15-17-10-12(3)14(18-15)19(9-5-2)11-13-6-7-13/h10,13H,4-9,11H2,1-3H3,(H,16,17,18). The highest BCUT2D eigenvalue weighted by atomic mass is 15.2. The average Bonchev–Trinajstić information content (AvgIpc) is 3.21. The summed E-state index contributed by atoms with van der Waals surface area (Å²) in [6, 6.07) is 0. The summed E-state index contributed by atoms with van der Waals surface area (Å²) in [5.74, 6) is 2.76. The molecule has 4 nitrogen and oxygen atoms in total. The van der Waals surface area contributed by atoms with Crippen LogP contribution in [0.2, 0.25) is 0 Å². The van der Waals surface area contributed by atoms with Crippen molar-refractivity contribution in [2.45, 2.75) is 46.5 Å². The number of aryl methyl sites for hydroxylation is 1. The molecule has 106 valence electrons. The first-order chi connectivity index (χ1) is 9.24. The lowest BCUT2D eigenvalue weighted by atomic mass is 10.2. The summed E-state index contributed by atoms with van der Waals surface area (Å²) in [6.07, 6.45) is 6.95. The van der Waals surface area contributed by atoms with Gasteiger partial charge in [-0.15, -0.1) is 0 Å². The monoisotopic (exact) mass is 262 g/mol. The van der Waals surface area contributed by atoms with Crippen molar-refractivity contribution in [3.8, 4) is 0 Å². The van der Waals surface area contributed by atoms with E-state index < -0.39 is 0 Å². The molecule has 0 aromatic carbocycles. The number of aromatic nitrogens is 2. The molecule has 0 radical (unpaired) electrons. The maximum absolute atomic E-state index is 4.71. The third-order valence-electron chi connectivity index (χ3n) is 3.45. The zero-order valence-electron chi connectivity index (χ0n) is 12.4. The second-order valence-corrected chi connectivity index (χ2v) is 5.52. The lowest BCUT2D eigenvalue weighted by molar-refractivity contribution is 0.695. The SMILES string of the molecule is CCCNc1ncc(C)c(N(CCC)CC2CC2)n1. The molecule has 0 amide bonds. The first-order valence-corrected chi connectivity index (χ1v) is 7.57. The molecule has 4 heteroatoms. The summed E-state index contributed by atoms with van der Waals surface area (Å²) < 4.78 is 0. The molecule has 2 rings (SSSR count). The first-order valence-electron chi connectivity index (χ1n) is 7.57. The fraction of sp³-hybridized carbons (Fsp3) is 0.733. The molecule has 1 aromatic heterocycles. The largest absolute Gasteiger partial charge is 0.356 e. The smallest absolute Gasteiger partial charge is 0.224 e. The quantitative estimate of drug-likeness (QED) is 0.781. The number of rotatable bonds is 8. The minimum Gasteiger partial charge on any atom is -0.356 e. The molecule has 0 saturated heterocycles. The van der Waals surface area contributed by atoms with Crippen molar-refractivity contribution in [1.82, 2.24) is 9.97 Å². The molecule has 19 heavy (non-hydrogen) atoms. The van der Waals surface area contributed by atoms with Crippen LogP contribution in [0.4, 0.5) is 11.8 Å². The van der Waals surface area contributed by atoms with Gasteiger partial charge in [0.1, 0.15) is 5.82 Å². The molecule has 1 aliphatic carbocycles. The summed E-state index contributed by atoms with van der Waals surface area (Å²) in [7, 11) is 0. The molecular weight excluding hydrogens is 236 g/mol. The molecule has 0 aliphatic heterocycles. The van der Waals surface area contributed by atoms with Crippen molar-refractivity contribution >= 4 is 11.8 Å². The van der Waals surface area contributed by atoms with E-state index in [1.54, 1.807) is 0 Å². The maximum Gasteiger partial charge on any atom is 0.224 e. The summed E-state index contributed by atoms with van der Waals surface area (Å²) >= 11 is 0. The van der Waals surface area contributed by atoms with Gasteiger partial charge in [0, 0.05) is 31.4 Å². The van der Waals surface area contributed by atoms with Gasteiger partial charge in [0.25, 0.3) is 0 Å². The van der Waals surface area contributed by atoms with Crippen LogP contribution in [0, 0.1) is 12.8 Å². The van der Waals surface area contributed by atoms with Gasteiger partial charge in [-0.3, -0.25) is 0 Å². The Labute approximate surface area is 116 Å². The van der Waals surface area contributed by atoms with Crippen LogP contribution in [0.15, 0.2) is 6.20 Å². The van der Waals surface area contributed by atoms with Crippen molar-refractivity contribution in [1.29, 1.82) is 0 Å². The topological polar surface area (TPSA) is 41.1 Å². The van der Waals surface area contributed by atoms with Gasteiger partial charge in [0.15, 0.2) is 0 Å². The zero-order valence-corrected chi connectivity index (χ0v) is 12.4. The molecule has 1 heterocycles. The second kappa shape index (κ2) is 6.73. The molecule has 1 N–H and O–H groups in total. The van der Waals surface area contributed by atoms with Crippen molar-refractivity contribution in [3.63, 3.8) is 0 Å². The lowest BCUT2D eigenvalue weighted by Gasteiger charge is -2.25. The van der Waals surface area contributed by atoms with Crippen molar-refractivity contribution in [2.75, 3.05) is 29.9 Å². The Bertz CT molecular complexity index is 401. The third-order valence-corrected chi connectivity index (χ3v) is 3.45. The van der Waals surface area contributed by atoms with E-state index in [1.165, 1.54) is 18.4 Å². The van der Waals surface area contributed by atoms with E-state index in [-0.39, 0.29) is 0 Å². The Morgan fingerprint density at radius 1 is 1.32 bits per heavy atom. The predicted molar refractivity (Wildman–Crippen MR) is 80.8 cm³/mol. The van der Waals surface area contributed by atoms with E-state index >= 15 is 0 Å². The van der Waals surface area contributed by atoms with Gasteiger partial charge in [-0.1, -0.05) is 13.8 Å². The molecule has 0 bridgehead atoms. The lowest BCUT2D eigenvalue weighted by Crippen LogP contribution is -2.28. The summed E-state index contributed by atoms with van der Waals surface area (Å²) in [4.78, 5) is 11.5. The normalized spacial score (nSPS) is 14.5. The number of hydrogen-bond donors (Lipinski definition) is 1. The molecule has 0 spiro atoms. The van der Waals surface area contributed by atoms with Gasteiger partial charge in [0.05, 0.1) is 0 Å². The Balaban J connectivity index is 2.13. The van der Waals surface area contributed by atoms with E-state index in [1.807, 2.05) is 6.20 Å². The van der Waals surface area contributed by atoms with Crippen LogP contribution in [-0.4, -0.2) is 29.6 Å². The zero-order chi connectivity index (χ0) is 13.7. The van der Waals surface area contributed by atoms with E-state index in [4.69, 9.17) is 4.98 Å². The molecular formula is C15H26N4. The van der Waals surface area contributed by atoms with Gasteiger partial charge < -0.3 is 10.2 Å². The van der Waals surface area contributed by atoms with Crippen LogP contribution in [0.5, 0.6) is 0 Å². The van der Waals surface area contributed by atoms with Crippen LogP contribution < -0.4 is 10.2 Å². The Morgan fingerprint density at radius 3 is 2.74 bits per heavy atom. The minimum absolute atomic E-state index is 0.763. The van der Waals surface area contributed by atoms with Crippen LogP contribution in [-0.2, 0) is 0 Å². The molecule has 1 fully saturated rings. The first kappa shape index (κ1) is 14.1. The van der Waals surface area contributed by atoms with Crippen molar-refractivity contribution in [3.05, 3.63) is 11.8 Å². The van der Waals surface area contributed by atoms with Gasteiger partial charge >= 0.3 is 0 Å².